The highest BCUT2D eigenvalue weighted by Gasteiger charge is 2.25. The monoisotopic (exact) mass is 226 g/mol. The number of ether oxygens (including phenoxy) is 1. The first kappa shape index (κ1) is 12.3. The maximum absolute atomic E-state index is 5.36. The summed E-state index contributed by atoms with van der Waals surface area (Å²) in [7, 11) is 0. The van der Waals surface area contributed by atoms with Crippen LogP contribution in [0.3, 0.4) is 0 Å². The molecule has 0 saturated carbocycles. The molecule has 0 aromatic carbocycles. The normalized spacial score (nSPS) is 33.4. The molecular weight excluding hydrogens is 200 g/mol. The van der Waals surface area contributed by atoms with Crippen molar-refractivity contribution in [2.45, 2.75) is 32.7 Å². The van der Waals surface area contributed by atoms with E-state index in [0.29, 0.717) is 6.04 Å². The summed E-state index contributed by atoms with van der Waals surface area (Å²) in [5.41, 5.74) is 0. The third kappa shape index (κ3) is 3.44. The number of nitrogens with zero attached hydrogens (tertiary/aromatic N) is 1. The summed E-state index contributed by atoms with van der Waals surface area (Å²) < 4.78 is 5.36. The van der Waals surface area contributed by atoms with Gasteiger partial charge in [0.25, 0.3) is 0 Å². The molecule has 2 heterocycles. The molecule has 0 amide bonds. The number of hydrogen-bond donors (Lipinski definition) is 1. The Morgan fingerprint density at radius 1 is 1.12 bits per heavy atom. The van der Waals surface area contributed by atoms with Gasteiger partial charge in [0.1, 0.15) is 0 Å². The molecule has 2 aliphatic heterocycles. The van der Waals surface area contributed by atoms with E-state index in [1.54, 1.807) is 0 Å². The molecule has 0 aromatic rings. The second-order valence-electron chi connectivity index (χ2n) is 5.55. The zero-order valence-electron chi connectivity index (χ0n) is 10.7. The van der Waals surface area contributed by atoms with Gasteiger partial charge < -0.3 is 15.0 Å². The third-order valence-electron chi connectivity index (χ3n) is 4.15. The Balaban J connectivity index is 1.57. The molecule has 2 fully saturated rings. The Hall–Kier alpha value is -0.120. The fourth-order valence-electron chi connectivity index (χ4n) is 2.76. The van der Waals surface area contributed by atoms with Crippen molar-refractivity contribution < 1.29 is 4.74 Å². The van der Waals surface area contributed by atoms with Gasteiger partial charge in [-0.05, 0) is 24.7 Å². The lowest BCUT2D eigenvalue weighted by Crippen LogP contribution is -2.39. The molecule has 2 aliphatic rings. The quantitative estimate of drug-likeness (QED) is 0.783. The van der Waals surface area contributed by atoms with Crippen molar-refractivity contribution in [1.29, 1.82) is 0 Å². The van der Waals surface area contributed by atoms with Crippen LogP contribution in [-0.2, 0) is 4.74 Å². The predicted molar refractivity (Wildman–Crippen MR) is 66.6 cm³/mol. The van der Waals surface area contributed by atoms with E-state index in [0.717, 1.165) is 31.6 Å². The lowest BCUT2D eigenvalue weighted by molar-refractivity contribution is 0.0774. The predicted octanol–water partition coefficient (Wildman–Crippen LogP) is 1.34. The number of likely N-dealkylation sites (tertiary alicyclic amines) is 1. The van der Waals surface area contributed by atoms with E-state index in [-0.39, 0.29) is 0 Å². The minimum atomic E-state index is 0.700. The first-order valence-corrected chi connectivity index (χ1v) is 6.79. The lowest BCUT2D eigenvalue weighted by Gasteiger charge is -2.24. The minimum absolute atomic E-state index is 0.700. The SMILES string of the molecule is CC1CN(CCNC2CCOCC2)CC1C. The van der Waals surface area contributed by atoms with Crippen LogP contribution in [0.4, 0.5) is 0 Å². The summed E-state index contributed by atoms with van der Waals surface area (Å²) >= 11 is 0. The van der Waals surface area contributed by atoms with Gasteiger partial charge in [-0.3, -0.25) is 0 Å². The molecule has 0 spiro atoms. The van der Waals surface area contributed by atoms with Crippen molar-refractivity contribution in [2.24, 2.45) is 11.8 Å². The van der Waals surface area contributed by atoms with E-state index < -0.39 is 0 Å². The van der Waals surface area contributed by atoms with Crippen molar-refractivity contribution >= 4 is 0 Å². The molecule has 94 valence electrons. The van der Waals surface area contributed by atoms with Crippen molar-refractivity contribution in [2.75, 3.05) is 39.4 Å². The first-order valence-electron chi connectivity index (χ1n) is 6.79. The molecule has 0 aliphatic carbocycles. The maximum atomic E-state index is 5.36. The van der Waals surface area contributed by atoms with Crippen LogP contribution in [0.1, 0.15) is 26.7 Å². The van der Waals surface area contributed by atoms with Crippen LogP contribution in [-0.4, -0.2) is 50.3 Å². The van der Waals surface area contributed by atoms with Gasteiger partial charge in [0.05, 0.1) is 0 Å². The van der Waals surface area contributed by atoms with E-state index in [2.05, 4.69) is 24.1 Å². The van der Waals surface area contributed by atoms with Gasteiger partial charge in [-0.25, -0.2) is 0 Å². The Labute approximate surface area is 99.5 Å². The van der Waals surface area contributed by atoms with Crippen LogP contribution >= 0.6 is 0 Å². The van der Waals surface area contributed by atoms with E-state index >= 15 is 0 Å². The van der Waals surface area contributed by atoms with Gasteiger partial charge in [0.15, 0.2) is 0 Å². The molecular formula is C13H26N2O. The average Bonchev–Trinajstić information content (AvgIpc) is 2.60. The molecule has 2 atom stereocenters. The molecule has 3 nitrogen and oxygen atoms in total. The first-order chi connectivity index (χ1) is 7.75. The van der Waals surface area contributed by atoms with Gasteiger partial charge in [-0.2, -0.15) is 0 Å². The van der Waals surface area contributed by atoms with Crippen LogP contribution in [0.5, 0.6) is 0 Å². The number of rotatable bonds is 4. The third-order valence-corrected chi connectivity index (χ3v) is 4.15. The second kappa shape index (κ2) is 5.99. The molecule has 0 aromatic heterocycles. The molecule has 2 unspecified atom stereocenters. The van der Waals surface area contributed by atoms with Gasteiger partial charge in [0.2, 0.25) is 0 Å². The van der Waals surface area contributed by atoms with Crippen LogP contribution in [0.2, 0.25) is 0 Å². The zero-order chi connectivity index (χ0) is 11.4. The van der Waals surface area contributed by atoms with Crippen LogP contribution < -0.4 is 5.32 Å². The summed E-state index contributed by atoms with van der Waals surface area (Å²) in [6, 6.07) is 0.700. The Bertz CT molecular complexity index is 194. The molecule has 2 saturated heterocycles. The van der Waals surface area contributed by atoms with Crippen molar-refractivity contribution in [1.82, 2.24) is 10.2 Å². The summed E-state index contributed by atoms with van der Waals surface area (Å²) in [6.07, 6.45) is 2.37. The molecule has 0 radical (unpaired) electrons. The van der Waals surface area contributed by atoms with Crippen molar-refractivity contribution in [3.05, 3.63) is 0 Å². The van der Waals surface area contributed by atoms with Crippen LogP contribution in [0.25, 0.3) is 0 Å². The Morgan fingerprint density at radius 2 is 1.75 bits per heavy atom. The molecule has 1 N–H and O–H groups in total. The minimum Gasteiger partial charge on any atom is -0.381 e. The summed E-state index contributed by atoms with van der Waals surface area (Å²) in [5, 5.41) is 3.66. The molecule has 2 rings (SSSR count). The highest BCUT2D eigenvalue weighted by molar-refractivity contribution is 4.79. The van der Waals surface area contributed by atoms with Crippen LogP contribution in [0.15, 0.2) is 0 Å². The van der Waals surface area contributed by atoms with E-state index in [1.165, 1.54) is 32.5 Å². The van der Waals surface area contributed by atoms with Crippen molar-refractivity contribution in [3.8, 4) is 0 Å². The highest BCUT2D eigenvalue weighted by Crippen LogP contribution is 2.21. The Morgan fingerprint density at radius 3 is 2.38 bits per heavy atom. The summed E-state index contributed by atoms with van der Waals surface area (Å²) in [4.78, 5) is 2.60. The fourth-order valence-corrected chi connectivity index (χ4v) is 2.76. The summed E-state index contributed by atoms with van der Waals surface area (Å²) in [5.74, 6) is 1.76. The largest absolute Gasteiger partial charge is 0.381 e. The average molecular weight is 226 g/mol. The lowest BCUT2D eigenvalue weighted by atomic mass is 10.0. The summed E-state index contributed by atoms with van der Waals surface area (Å²) in [6.45, 7) is 11.6. The van der Waals surface area contributed by atoms with Gasteiger partial charge in [-0.15, -0.1) is 0 Å². The standard InChI is InChI=1S/C13H26N2O/c1-11-9-15(10-12(11)2)6-5-14-13-3-7-16-8-4-13/h11-14H,3-10H2,1-2H3. The highest BCUT2D eigenvalue weighted by atomic mass is 16.5. The Kier molecular flexibility index (Phi) is 4.62. The van der Waals surface area contributed by atoms with Crippen molar-refractivity contribution in [3.63, 3.8) is 0 Å². The topological polar surface area (TPSA) is 24.5 Å². The number of nitrogens with one attached hydrogen (secondary N) is 1. The number of hydrogen-bond acceptors (Lipinski definition) is 3. The van der Waals surface area contributed by atoms with Gasteiger partial charge >= 0.3 is 0 Å². The molecule has 0 bridgehead atoms. The molecule has 16 heavy (non-hydrogen) atoms. The molecule has 3 heteroatoms. The fraction of sp³-hybridized carbons (Fsp3) is 1.00. The van der Waals surface area contributed by atoms with Crippen LogP contribution in [0, 0.1) is 11.8 Å². The van der Waals surface area contributed by atoms with Gasteiger partial charge in [0, 0.05) is 45.4 Å². The zero-order valence-corrected chi connectivity index (χ0v) is 10.7. The second-order valence-corrected chi connectivity index (χ2v) is 5.55. The van der Waals surface area contributed by atoms with E-state index in [9.17, 15) is 0 Å². The van der Waals surface area contributed by atoms with E-state index in [1.807, 2.05) is 0 Å². The smallest absolute Gasteiger partial charge is 0.0480 e. The maximum Gasteiger partial charge on any atom is 0.0480 e. The van der Waals surface area contributed by atoms with Gasteiger partial charge in [-0.1, -0.05) is 13.8 Å². The van der Waals surface area contributed by atoms with E-state index in [4.69, 9.17) is 4.74 Å².